The smallest absolute Gasteiger partial charge is 0.276 e. The minimum atomic E-state index is -0.537. The van der Waals surface area contributed by atoms with Crippen LogP contribution in [0.2, 0.25) is 0 Å². The van der Waals surface area contributed by atoms with Crippen LogP contribution in [-0.4, -0.2) is 51.4 Å². The number of ether oxygens (including phenoxy) is 1. The lowest BCUT2D eigenvalue weighted by Gasteiger charge is -2.22. The van der Waals surface area contributed by atoms with E-state index in [0.717, 1.165) is 47.2 Å². The maximum Gasteiger partial charge on any atom is 0.276 e. The van der Waals surface area contributed by atoms with Gasteiger partial charge < -0.3 is 25.3 Å². The fourth-order valence-electron chi connectivity index (χ4n) is 4.12. The first-order valence-electron chi connectivity index (χ1n) is 11.7. The van der Waals surface area contributed by atoms with Crippen LogP contribution in [-0.2, 0) is 0 Å². The van der Waals surface area contributed by atoms with Crippen LogP contribution in [0.25, 0.3) is 11.0 Å². The molecule has 2 aromatic carbocycles. The number of aryl methyl sites for hydroxylation is 1. The zero-order valence-corrected chi connectivity index (χ0v) is 21.2. The summed E-state index contributed by atoms with van der Waals surface area (Å²) in [6, 6.07) is 11.1. The molecule has 0 unspecified atom stereocenters. The van der Waals surface area contributed by atoms with Crippen molar-refractivity contribution in [1.82, 2.24) is 25.3 Å². The molecule has 1 saturated heterocycles. The Labute approximate surface area is 215 Å². The highest BCUT2D eigenvalue weighted by Crippen LogP contribution is 2.24. The molecule has 5 N–H and O–H groups in total. The minimum absolute atomic E-state index is 0.0171. The SMILES string of the molecule is Cc1ccc(Br)cc1NC(=O)c1nc[nH]c1C(=O)Nc1nc2ccc(OCC3CCNCC3)cc2[nH]1. The maximum absolute atomic E-state index is 12.9. The van der Waals surface area contributed by atoms with Crippen LogP contribution in [0.4, 0.5) is 11.6 Å². The van der Waals surface area contributed by atoms with E-state index < -0.39 is 11.8 Å². The molecule has 11 heteroatoms. The number of hydrogen-bond acceptors (Lipinski definition) is 6. The second-order valence-corrected chi connectivity index (χ2v) is 9.68. The number of anilines is 2. The summed E-state index contributed by atoms with van der Waals surface area (Å²) < 4.78 is 6.81. The summed E-state index contributed by atoms with van der Waals surface area (Å²) in [6.45, 7) is 4.61. The first-order chi connectivity index (χ1) is 17.5. The van der Waals surface area contributed by atoms with E-state index in [0.29, 0.717) is 23.7 Å². The second kappa shape index (κ2) is 10.5. The van der Waals surface area contributed by atoms with E-state index >= 15 is 0 Å². The van der Waals surface area contributed by atoms with Crippen molar-refractivity contribution in [3.05, 3.63) is 64.1 Å². The van der Waals surface area contributed by atoms with Crippen molar-refractivity contribution >= 4 is 50.4 Å². The molecule has 1 aliphatic rings. The Morgan fingerprint density at radius 1 is 1.11 bits per heavy atom. The van der Waals surface area contributed by atoms with E-state index in [4.69, 9.17) is 4.74 Å². The molecule has 0 spiro atoms. The number of halogens is 1. The van der Waals surface area contributed by atoms with Crippen molar-refractivity contribution in [2.24, 2.45) is 5.92 Å². The number of nitrogens with one attached hydrogen (secondary N) is 5. The molecule has 0 bridgehead atoms. The van der Waals surface area contributed by atoms with Gasteiger partial charge in [-0.3, -0.25) is 14.9 Å². The number of aromatic amines is 2. The number of nitrogens with zero attached hydrogens (tertiary/aromatic N) is 2. The summed E-state index contributed by atoms with van der Waals surface area (Å²) in [5, 5.41) is 8.86. The molecule has 0 saturated carbocycles. The Hall–Kier alpha value is -3.70. The van der Waals surface area contributed by atoms with Gasteiger partial charge in [-0.25, -0.2) is 9.97 Å². The highest BCUT2D eigenvalue weighted by atomic mass is 79.9. The highest BCUT2D eigenvalue weighted by Gasteiger charge is 2.22. The van der Waals surface area contributed by atoms with Crippen molar-refractivity contribution in [3.8, 4) is 5.75 Å². The Balaban J connectivity index is 1.26. The standard InChI is InChI=1S/C25H26BrN7O3/c1-14-2-3-16(26)10-19(14)30-23(34)21-22(29-13-28-21)24(35)33-25-31-18-5-4-17(11-20(18)32-25)36-12-15-6-8-27-9-7-15/h2-5,10-11,13,15,27H,6-9,12H2,1H3,(H,28,29)(H,30,34)(H2,31,32,33,35). The van der Waals surface area contributed by atoms with Gasteiger partial charge in [0.1, 0.15) is 11.4 Å². The van der Waals surface area contributed by atoms with E-state index in [1.54, 1.807) is 6.07 Å². The summed E-state index contributed by atoms with van der Waals surface area (Å²) in [4.78, 5) is 40.1. The van der Waals surface area contributed by atoms with Crippen LogP contribution in [0.15, 0.2) is 47.2 Å². The number of benzene rings is 2. The summed E-state index contributed by atoms with van der Waals surface area (Å²) >= 11 is 3.40. The average molecular weight is 552 g/mol. The van der Waals surface area contributed by atoms with Crippen molar-refractivity contribution < 1.29 is 14.3 Å². The van der Waals surface area contributed by atoms with Gasteiger partial charge in [-0.15, -0.1) is 0 Å². The molecule has 10 nitrogen and oxygen atoms in total. The molecular weight excluding hydrogens is 526 g/mol. The molecule has 5 rings (SSSR count). The molecule has 0 atom stereocenters. The number of hydrogen-bond donors (Lipinski definition) is 5. The Morgan fingerprint density at radius 3 is 2.78 bits per heavy atom. The molecule has 2 aromatic heterocycles. The number of carbonyl (C=O) groups is 2. The monoisotopic (exact) mass is 551 g/mol. The Morgan fingerprint density at radius 2 is 1.94 bits per heavy atom. The molecular formula is C25H26BrN7O3. The molecule has 0 radical (unpaired) electrons. The van der Waals surface area contributed by atoms with Gasteiger partial charge in [-0.05, 0) is 68.6 Å². The van der Waals surface area contributed by atoms with Crippen LogP contribution < -0.4 is 20.7 Å². The molecule has 36 heavy (non-hydrogen) atoms. The first kappa shape index (κ1) is 24.0. The van der Waals surface area contributed by atoms with Gasteiger partial charge in [-0.2, -0.15) is 0 Å². The summed E-state index contributed by atoms with van der Waals surface area (Å²) in [5.41, 5.74) is 2.95. The van der Waals surface area contributed by atoms with E-state index in [-0.39, 0.29) is 17.3 Å². The first-order valence-corrected chi connectivity index (χ1v) is 12.5. The number of imidazole rings is 2. The largest absolute Gasteiger partial charge is 0.493 e. The third kappa shape index (κ3) is 5.42. The number of fused-ring (bicyclic) bond motifs is 1. The summed E-state index contributed by atoms with van der Waals surface area (Å²) in [5.74, 6) is 0.520. The summed E-state index contributed by atoms with van der Waals surface area (Å²) in [7, 11) is 0. The quantitative estimate of drug-likeness (QED) is 0.233. The molecule has 1 aliphatic heterocycles. The number of piperidine rings is 1. The van der Waals surface area contributed by atoms with Gasteiger partial charge in [0.05, 0.1) is 24.0 Å². The molecule has 0 aliphatic carbocycles. The van der Waals surface area contributed by atoms with Crippen LogP contribution in [0.3, 0.4) is 0 Å². The third-order valence-corrected chi connectivity index (χ3v) is 6.65. The number of carbonyl (C=O) groups excluding carboxylic acids is 2. The van der Waals surface area contributed by atoms with Crippen LogP contribution in [0.5, 0.6) is 5.75 Å². The molecule has 4 aromatic rings. The van der Waals surface area contributed by atoms with E-state index in [1.807, 2.05) is 37.3 Å². The number of amides is 2. The minimum Gasteiger partial charge on any atom is -0.493 e. The van der Waals surface area contributed by atoms with Crippen molar-refractivity contribution in [2.75, 3.05) is 30.3 Å². The van der Waals surface area contributed by atoms with Crippen molar-refractivity contribution in [1.29, 1.82) is 0 Å². The predicted octanol–water partition coefficient (Wildman–Crippen LogP) is 4.24. The van der Waals surface area contributed by atoms with E-state index in [2.05, 4.69) is 51.8 Å². The summed E-state index contributed by atoms with van der Waals surface area (Å²) in [6.07, 6.45) is 3.53. The molecule has 186 valence electrons. The lowest BCUT2D eigenvalue weighted by molar-refractivity contribution is 0.0985. The van der Waals surface area contributed by atoms with E-state index in [1.165, 1.54) is 6.33 Å². The van der Waals surface area contributed by atoms with Gasteiger partial charge in [0, 0.05) is 16.2 Å². The Kier molecular flexibility index (Phi) is 7.01. The van der Waals surface area contributed by atoms with Gasteiger partial charge in [-0.1, -0.05) is 22.0 Å². The van der Waals surface area contributed by atoms with Gasteiger partial charge in [0.15, 0.2) is 5.69 Å². The van der Waals surface area contributed by atoms with Gasteiger partial charge in [0.2, 0.25) is 5.95 Å². The van der Waals surface area contributed by atoms with Gasteiger partial charge in [0.25, 0.3) is 11.8 Å². The van der Waals surface area contributed by atoms with Crippen molar-refractivity contribution in [2.45, 2.75) is 19.8 Å². The van der Waals surface area contributed by atoms with E-state index in [9.17, 15) is 9.59 Å². The molecule has 3 heterocycles. The lowest BCUT2D eigenvalue weighted by Crippen LogP contribution is -2.30. The maximum atomic E-state index is 12.9. The fourth-order valence-corrected chi connectivity index (χ4v) is 4.48. The Bertz CT molecular complexity index is 1410. The number of rotatable bonds is 7. The average Bonchev–Trinajstić information content (AvgIpc) is 3.52. The third-order valence-electron chi connectivity index (χ3n) is 6.16. The molecule has 1 fully saturated rings. The fraction of sp³-hybridized carbons (Fsp3) is 0.280. The second-order valence-electron chi connectivity index (χ2n) is 8.76. The predicted molar refractivity (Wildman–Crippen MR) is 141 cm³/mol. The number of H-pyrrole nitrogens is 2. The van der Waals surface area contributed by atoms with Crippen LogP contribution >= 0.6 is 15.9 Å². The normalized spacial score (nSPS) is 14.1. The topological polar surface area (TPSA) is 137 Å². The van der Waals surface area contributed by atoms with Crippen LogP contribution in [0, 0.1) is 12.8 Å². The zero-order valence-electron chi connectivity index (χ0n) is 19.7. The number of aromatic nitrogens is 4. The van der Waals surface area contributed by atoms with Crippen molar-refractivity contribution in [3.63, 3.8) is 0 Å². The van der Waals surface area contributed by atoms with Crippen LogP contribution in [0.1, 0.15) is 39.4 Å². The lowest BCUT2D eigenvalue weighted by atomic mass is 9.99. The van der Waals surface area contributed by atoms with Gasteiger partial charge >= 0.3 is 0 Å². The highest BCUT2D eigenvalue weighted by molar-refractivity contribution is 9.10. The molecule has 2 amide bonds. The zero-order chi connectivity index (χ0) is 25.1.